The predicted molar refractivity (Wildman–Crippen MR) is 227 cm³/mol. The third-order valence-electron chi connectivity index (χ3n) is 11.8. The van der Waals surface area contributed by atoms with Crippen LogP contribution in [0.15, 0.2) is 67.8 Å². The number of imidazole rings is 2. The molecule has 5 aromatic rings. The molecule has 0 aliphatic carbocycles. The number of amides is 1. The number of rotatable bonds is 17. The number of carbonyl (C=O) groups is 1. The SMILES string of the molecule is CC1C(CO)OC(n2cnc3c(CC/C=C/CN(C(=O)c4ccccc4)c4ncnc5c4ncn5C4OC(CO)C(O[Si](C)(C)C(C)(C)C)C4OP=O)ncnc32)C1O[P+](=O)O. The number of allylic oxidation sites excluding steroid dienone is 1. The zero-order valence-corrected chi connectivity index (χ0v) is 37.8. The van der Waals surface area contributed by atoms with Crippen molar-refractivity contribution in [3.63, 3.8) is 0 Å². The Morgan fingerprint density at radius 1 is 0.903 bits per heavy atom. The molecule has 62 heavy (non-hydrogen) atoms. The molecule has 0 bridgehead atoms. The van der Waals surface area contributed by atoms with Gasteiger partial charge in [-0.3, -0.25) is 23.4 Å². The number of fused-ring (bicyclic) bond motifs is 2. The van der Waals surface area contributed by atoms with Crippen molar-refractivity contribution in [3.05, 3.63) is 79.1 Å². The zero-order chi connectivity index (χ0) is 44.3. The largest absolute Gasteiger partial charge is 0.695 e. The van der Waals surface area contributed by atoms with E-state index in [0.29, 0.717) is 46.4 Å². The van der Waals surface area contributed by atoms with Gasteiger partial charge >= 0.3 is 16.9 Å². The van der Waals surface area contributed by atoms with Gasteiger partial charge in [0, 0.05) is 22.6 Å². The minimum absolute atomic E-state index is 0.105. The second-order valence-electron chi connectivity index (χ2n) is 16.6. The maximum Gasteiger partial charge on any atom is 0.695 e. The number of benzene rings is 1. The Morgan fingerprint density at radius 3 is 2.18 bits per heavy atom. The Labute approximate surface area is 360 Å². The van der Waals surface area contributed by atoms with Crippen molar-refractivity contribution in [2.45, 2.75) is 102 Å². The fraction of sp³-hybridized carbons (Fsp3) is 0.513. The van der Waals surface area contributed by atoms with Crippen LogP contribution in [0, 0.1) is 5.92 Å². The van der Waals surface area contributed by atoms with Crippen LogP contribution in [0.3, 0.4) is 0 Å². The number of aromatic nitrogens is 8. The van der Waals surface area contributed by atoms with Gasteiger partial charge in [-0.1, -0.05) is 58.0 Å². The standard InChI is InChI=1S/C39H49N9O11P2Si/c1-23-26(17-49)55-37(30(23)58-61(53)54)47-21-44-28-25(40-19-41-33(28)47)15-11-8-12-16-46(36(51)24-13-9-7-10-14-24)34-29-35(43-20-42-34)48(22-45-29)38-32(57-60-52)31(27(18-50)56-38)59-62(5,6)39(2,3)4/h7-10,12-14,19-23,26-27,30-32,37-38,49-50H,11,15-18H2,1-6H3/p+1/b12-8+. The Kier molecular flexibility index (Phi) is 14.1. The summed E-state index contributed by atoms with van der Waals surface area (Å²) in [6, 6.07) is 8.78. The van der Waals surface area contributed by atoms with Crippen molar-refractivity contribution in [2.24, 2.45) is 5.92 Å². The molecule has 2 fully saturated rings. The Balaban J connectivity index is 1.13. The molecule has 330 valence electrons. The first-order chi connectivity index (χ1) is 29.7. The molecular formula is C39H50N9O11P2Si+. The zero-order valence-electron chi connectivity index (χ0n) is 35.0. The van der Waals surface area contributed by atoms with Crippen LogP contribution in [-0.4, -0.2) is 119 Å². The highest BCUT2D eigenvalue weighted by Gasteiger charge is 2.52. The summed E-state index contributed by atoms with van der Waals surface area (Å²) < 4.78 is 56.9. The molecule has 20 nitrogen and oxygen atoms in total. The molecule has 2 aliphatic rings. The highest BCUT2D eigenvalue weighted by Crippen LogP contribution is 2.44. The molecule has 3 N–H and O–H groups in total. The summed E-state index contributed by atoms with van der Waals surface area (Å²) in [6.45, 7) is 11.6. The average Bonchev–Trinajstić information content (AvgIpc) is 4.03. The molecule has 2 saturated heterocycles. The van der Waals surface area contributed by atoms with Crippen molar-refractivity contribution in [3.8, 4) is 0 Å². The van der Waals surface area contributed by atoms with Crippen molar-refractivity contribution >= 4 is 59.3 Å². The number of aryl methyl sites for hydroxylation is 1. The van der Waals surface area contributed by atoms with Gasteiger partial charge in [-0.05, 0) is 43.1 Å². The molecule has 9 atom stereocenters. The third-order valence-corrected chi connectivity index (χ3v) is 17.0. The highest BCUT2D eigenvalue weighted by atomic mass is 31.1. The van der Waals surface area contributed by atoms with Crippen LogP contribution in [0.1, 0.15) is 62.6 Å². The van der Waals surface area contributed by atoms with E-state index in [4.69, 9.17) is 22.9 Å². The van der Waals surface area contributed by atoms with Crippen molar-refractivity contribution in [1.82, 2.24) is 39.0 Å². The van der Waals surface area contributed by atoms with Crippen LogP contribution in [-0.2, 0) is 38.5 Å². The van der Waals surface area contributed by atoms with Crippen molar-refractivity contribution < 1.29 is 52.0 Å². The first-order valence-electron chi connectivity index (χ1n) is 20.1. The smallest absolute Gasteiger partial charge is 0.408 e. The van der Waals surface area contributed by atoms with E-state index < -0.39 is 68.2 Å². The van der Waals surface area contributed by atoms with Crippen LogP contribution in [0.25, 0.3) is 22.3 Å². The molecule has 0 spiro atoms. The van der Waals surface area contributed by atoms with E-state index in [-0.39, 0.29) is 42.4 Å². The van der Waals surface area contributed by atoms with Crippen molar-refractivity contribution in [2.75, 3.05) is 24.7 Å². The first kappa shape index (κ1) is 45.6. The predicted octanol–water partition coefficient (Wildman–Crippen LogP) is 5.23. The van der Waals surface area contributed by atoms with Gasteiger partial charge in [-0.15, -0.1) is 9.42 Å². The topological polar surface area (TPSA) is 248 Å². The molecule has 7 rings (SSSR count). The number of hydrogen-bond acceptors (Lipinski definition) is 16. The molecule has 23 heteroatoms. The Bertz CT molecular complexity index is 2420. The van der Waals surface area contributed by atoms with Gasteiger partial charge in [0.1, 0.15) is 36.5 Å². The monoisotopic (exact) mass is 910 g/mol. The minimum atomic E-state index is -2.94. The number of nitrogens with zero attached hydrogens (tertiary/aromatic N) is 9. The average molecular weight is 911 g/mol. The van der Waals surface area contributed by atoms with E-state index in [2.05, 4.69) is 63.8 Å². The fourth-order valence-corrected chi connectivity index (χ4v) is 9.60. The number of ether oxygens (including phenoxy) is 2. The van der Waals surface area contributed by atoms with Gasteiger partial charge in [0.25, 0.3) is 5.91 Å². The summed E-state index contributed by atoms with van der Waals surface area (Å²) in [6.07, 6.45) is 4.72. The second kappa shape index (κ2) is 19.2. The number of aliphatic hydroxyl groups excluding tert-OH is 2. The second-order valence-corrected chi connectivity index (χ2v) is 22.4. The van der Waals surface area contributed by atoms with E-state index in [0.717, 1.165) is 0 Å². The van der Waals surface area contributed by atoms with Crippen LogP contribution >= 0.6 is 16.9 Å². The van der Waals surface area contributed by atoms with Gasteiger partial charge in [0.2, 0.25) is 0 Å². The molecule has 1 aromatic carbocycles. The lowest BCUT2D eigenvalue weighted by Crippen LogP contribution is -2.49. The van der Waals surface area contributed by atoms with Crippen LogP contribution < -0.4 is 4.90 Å². The van der Waals surface area contributed by atoms with Crippen LogP contribution in [0.2, 0.25) is 18.1 Å². The van der Waals surface area contributed by atoms with Gasteiger partial charge in [-0.2, -0.15) is 0 Å². The maximum atomic E-state index is 14.2. The van der Waals surface area contributed by atoms with E-state index in [9.17, 15) is 29.0 Å². The van der Waals surface area contributed by atoms with Gasteiger partial charge in [-0.25, -0.2) is 34.5 Å². The van der Waals surface area contributed by atoms with E-state index in [1.165, 1.54) is 30.2 Å². The fourth-order valence-electron chi connectivity index (χ4n) is 7.45. The first-order valence-corrected chi connectivity index (χ1v) is 24.8. The van der Waals surface area contributed by atoms with Gasteiger partial charge in [0.05, 0.1) is 37.7 Å². The van der Waals surface area contributed by atoms with Crippen LogP contribution in [0.5, 0.6) is 0 Å². The maximum absolute atomic E-state index is 14.2. The minimum Gasteiger partial charge on any atom is -0.408 e. The molecule has 9 unspecified atom stereocenters. The number of hydrogen-bond donors (Lipinski definition) is 3. The normalized spacial score (nSPS) is 24.8. The summed E-state index contributed by atoms with van der Waals surface area (Å²) in [5, 5.41) is 20.1. The van der Waals surface area contributed by atoms with Crippen molar-refractivity contribution in [1.29, 1.82) is 0 Å². The van der Waals surface area contributed by atoms with Gasteiger partial charge in [0.15, 0.2) is 49.5 Å². The van der Waals surface area contributed by atoms with E-state index in [1.54, 1.807) is 40.3 Å². The van der Waals surface area contributed by atoms with E-state index in [1.807, 2.05) is 18.2 Å². The molecular weight excluding hydrogens is 861 g/mol. The molecule has 6 heterocycles. The molecule has 4 aromatic heterocycles. The van der Waals surface area contributed by atoms with Crippen LogP contribution in [0.4, 0.5) is 5.82 Å². The third kappa shape index (κ3) is 9.16. The summed E-state index contributed by atoms with van der Waals surface area (Å²) >= 11 is 0. The lowest BCUT2D eigenvalue weighted by Gasteiger charge is -2.40. The Hall–Kier alpha value is -4.37. The quantitative estimate of drug-likeness (QED) is 0.0613. The number of carbonyl (C=O) groups excluding carboxylic acids is 1. The molecule has 0 saturated carbocycles. The molecule has 1 amide bonds. The van der Waals surface area contributed by atoms with E-state index >= 15 is 0 Å². The summed E-state index contributed by atoms with van der Waals surface area (Å²) in [5.41, 5.74) is 2.62. The highest BCUT2D eigenvalue weighted by molar-refractivity contribution is 7.32. The molecule has 2 aliphatic heterocycles. The summed E-state index contributed by atoms with van der Waals surface area (Å²) in [5.74, 6) is -0.486. The lowest BCUT2D eigenvalue weighted by molar-refractivity contribution is -0.0471. The molecule has 0 radical (unpaired) electrons. The summed E-state index contributed by atoms with van der Waals surface area (Å²) in [7, 11) is -5.96. The number of anilines is 1. The Morgan fingerprint density at radius 2 is 1.53 bits per heavy atom. The lowest BCUT2D eigenvalue weighted by atomic mass is 10.0. The van der Waals surface area contributed by atoms with Gasteiger partial charge < -0.3 is 24.1 Å². The number of aliphatic hydroxyl groups is 2. The summed E-state index contributed by atoms with van der Waals surface area (Å²) in [4.78, 5) is 52.4.